The van der Waals surface area contributed by atoms with Crippen molar-refractivity contribution in [1.29, 1.82) is 0 Å². The maximum Gasteiger partial charge on any atom is 0.310 e. The van der Waals surface area contributed by atoms with E-state index in [0.29, 0.717) is 0 Å². The summed E-state index contributed by atoms with van der Waals surface area (Å²) < 4.78 is 0. The molecule has 0 radical (unpaired) electrons. The van der Waals surface area contributed by atoms with Gasteiger partial charge in [0.1, 0.15) is 0 Å². The summed E-state index contributed by atoms with van der Waals surface area (Å²) in [6, 6.07) is 0. The Kier molecular flexibility index (Phi) is 2.83. The molecule has 1 heterocycles. The second-order valence-electron chi connectivity index (χ2n) is 5.53. The lowest BCUT2D eigenvalue weighted by atomic mass is 9.91. The van der Waals surface area contributed by atoms with E-state index < -0.39 is 16.8 Å². The largest absolute Gasteiger partial charge is 0.481 e. The number of carbonyl (C=O) groups excluding carboxylic acids is 2. The SMILES string of the molecule is CC(C)(CN1C(=O)CC(C)(C)C1=O)C(=O)O. The fourth-order valence-electron chi connectivity index (χ4n) is 1.65. The zero-order valence-electron chi connectivity index (χ0n) is 10.0. The molecule has 0 unspecified atom stereocenters. The van der Waals surface area contributed by atoms with Crippen LogP contribution in [0.3, 0.4) is 0 Å². The summed E-state index contributed by atoms with van der Waals surface area (Å²) in [7, 11) is 0. The van der Waals surface area contributed by atoms with E-state index in [1.165, 1.54) is 13.8 Å². The molecule has 5 nitrogen and oxygen atoms in total. The third-order valence-corrected chi connectivity index (χ3v) is 2.85. The van der Waals surface area contributed by atoms with Crippen LogP contribution < -0.4 is 0 Å². The van der Waals surface area contributed by atoms with E-state index in [1.807, 2.05) is 0 Å². The molecule has 0 atom stereocenters. The van der Waals surface area contributed by atoms with Gasteiger partial charge < -0.3 is 5.11 Å². The van der Waals surface area contributed by atoms with Crippen LogP contribution in [0.5, 0.6) is 0 Å². The molecule has 0 spiro atoms. The van der Waals surface area contributed by atoms with Gasteiger partial charge in [0.25, 0.3) is 0 Å². The van der Waals surface area contributed by atoms with Gasteiger partial charge in [0.05, 0.1) is 10.8 Å². The predicted molar refractivity (Wildman–Crippen MR) is 56.5 cm³/mol. The van der Waals surface area contributed by atoms with Crippen molar-refractivity contribution in [2.45, 2.75) is 34.1 Å². The first-order chi connectivity index (χ1) is 7.08. The maximum absolute atomic E-state index is 11.8. The zero-order valence-corrected chi connectivity index (χ0v) is 10.0. The van der Waals surface area contributed by atoms with Gasteiger partial charge in [-0.3, -0.25) is 19.3 Å². The van der Waals surface area contributed by atoms with Crippen LogP contribution in [-0.4, -0.2) is 34.3 Å². The Balaban J connectivity index is 2.88. The Morgan fingerprint density at radius 1 is 1.44 bits per heavy atom. The van der Waals surface area contributed by atoms with Crippen LogP contribution >= 0.6 is 0 Å². The van der Waals surface area contributed by atoms with Crippen molar-refractivity contribution < 1.29 is 19.5 Å². The smallest absolute Gasteiger partial charge is 0.310 e. The Hall–Kier alpha value is -1.39. The Bertz CT molecular complexity index is 357. The van der Waals surface area contributed by atoms with Gasteiger partial charge in [0.15, 0.2) is 0 Å². The predicted octanol–water partition coefficient (Wildman–Crippen LogP) is 0.882. The van der Waals surface area contributed by atoms with Gasteiger partial charge in [-0.25, -0.2) is 0 Å². The molecular formula is C11H17NO4. The van der Waals surface area contributed by atoms with Crippen LogP contribution in [0, 0.1) is 10.8 Å². The minimum Gasteiger partial charge on any atom is -0.481 e. The van der Waals surface area contributed by atoms with Crippen molar-refractivity contribution in [3.05, 3.63) is 0 Å². The van der Waals surface area contributed by atoms with Crippen LogP contribution in [0.1, 0.15) is 34.1 Å². The van der Waals surface area contributed by atoms with Gasteiger partial charge in [-0.15, -0.1) is 0 Å². The van der Waals surface area contributed by atoms with Crippen molar-refractivity contribution in [2.75, 3.05) is 6.54 Å². The molecule has 0 aromatic heterocycles. The Morgan fingerprint density at radius 3 is 2.25 bits per heavy atom. The molecule has 0 saturated carbocycles. The number of carboxylic acids is 1. The average molecular weight is 227 g/mol. The van der Waals surface area contributed by atoms with E-state index >= 15 is 0 Å². The lowest BCUT2D eigenvalue weighted by Crippen LogP contribution is -2.43. The van der Waals surface area contributed by atoms with E-state index in [0.717, 1.165) is 4.90 Å². The molecule has 1 rings (SSSR count). The van der Waals surface area contributed by atoms with Crippen molar-refractivity contribution in [2.24, 2.45) is 10.8 Å². The first kappa shape index (κ1) is 12.7. The standard InChI is InChI=1S/C11H17NO4/c1-10(2)5-7(13)12(8(10)14)6-11(3,4)9(15)16/h5-6H2,1-4H3,(H,15,16). The highest BCUT2D eigenvalue weighted by Crippen LogP contribution is 2.33. The fraction of sp³-hybridized carbons (Fsp3) is 0.727. The number of amides is 2. The second kappa shape index (κ2) is 3.57. The third-order valence-electron chi connectivity index (χ3n) is 2.85. The van der Waals surface area contributed by atoms with Crippen LogP contribution in [0.25, 0.3) is 0 Å². The molecule has 16 heavy (non-hydrogen) atoms. The summed E-state index contributed by atoms with van der Waals surface area (Å²) >= 11 is 0. The highest BCUT2D eigenvalue weighted by atomic mass is 16.4. The molecule has 1 fully saturated rings. The molecule has 0 aromatic rings. The third kappa shape index (κ3) is 2.08. The van der Waals surface area contributed by atoms with Crippen molar-refractivity contribution in [3.63, 3.8) is 0 Å². The average Bonchev–Trinajstić information content (AvgIpc) is 2.27. The summed E-state index contributed by atoms with van der Waals surface area (Å²) in [4.78, 5) is 35.5. The van der Waals surface area contributed by atoms with Crippen LogP contribution in [0.4, 0.5) is 0 Å². The lowest BCUT2D eigenvalue weighted by molar-refractivity contribution is -0.151. The number of likely N-dealkylation sites (tertiary alicyclic amines) is 1. The Labute approximate surface area is 94.4 Å². The molecule has 1 N–H and O–H groups in total. The minimum absolute atomic E-state index is 0.0660. The number of aliphatic carboxylic acids is 1. The highest BCUT2D eigenvalue weighted by Gasteiger charge is 2.47. The van der Waals surface area contributed by atoms with Crippen LogP contribution in [-0.2, 0) is 14.4 Å². The number of nitrogens with zero attached hydrogens (tertiary/aromatic N) is 1. The summed E-state index contributed by atoms with van der Waals surface area (Å²) in [5.74, 6) is -1.59. The fourth-order valence-corrected chi connectivity index (χ4v) is 1.65. The first-order valence-electron chi connectivity index (χ1n) is 5.16. The van der Waals surface area contributed by atoms with Gasteiger partial charge in [-0.2, -0.15) is 0 Å². The highest BCUT2D eigenvalue weighted by molar-refractivity contribution is 6.05. The van der Waals surface area contributed by atoms with Crippen molar-refractivity contribution >= 4 is 17.8 Å². The molecule has 5 heteroatoms. The number of rotatable bonds is 3. The number of imide groups is 1. The van der Waals surface area contributed by atoms with E-state index in [9.17, 15) is 14.4 Å². The Morgan fingerprint density at radius 2 is 1.94 bits per heavy atom. The van der Waals surface area contributed by atoms with Crippen molar-refractivity contribution in [3.8, 4) is 0 Å². The summed E-state index contributed by atoms with van der Waals surface area (Å²) in [5.41, 5.74) is -1.81. The molecule has 0 aromatic carbocycles. The summed E-state index contributed by atoms with van der Waals surface area (Å²) in [5, 5.41) is 8.95. The molecule has 1 aliphatic heterocycles. The van der Waals surface area contributed by atoms with E-state index in [2.05, 4.69) is 0 Å². The second-order valence-corrected chi connectivity index (χ2v) is 5.53. The number of carboxylic acid groups (broad SMARTS) is 1. The monoisotopic (exact) mass is 227 g/mol. The van der Waals surface area contributed by atoms with Crippen LogP contribution in [0.2, 0.25) is 0 Å². The molecule has 1 aliphatic rings. The van der Waals surface area contributed by atoms with Crippen LogP contribution in [0.15, 0.2) is 0 Å². The number of hydrogen-bond acceptors (Lipinski definition) is 3. The first-order valence-corrected chi connectivity index (χ1v) is 5.16. The molecular weight excluding hydrogens is 210 g/mol. The molecule has 90 valence electrons. The molecule has 0 bridgehead atoms. The minimum atomic E-state index is -1.11. The quantitative estimate of drug-likeness (QED) is 0.726. The normalized spacial score (nSPS) is 20.4. The molecule has 1 saturated heterocycles. The summed E-state index contributed by atoms with van der Waals surface area (Å²) in [6.07, 6.45) is 0.154. The van der Waals surface area contributed by atoms with E-state index in [-0.39, 0.29) is 24.8 Å². The lowest BCUT2D eigenvalue weighted by Gasteiger charge is -2.26. The zero-order chi connectivity index (χ0) is 12.7. The number of hydrogen-bond donors (Lipinski definition) is 1. The van der Waals surface area contributed by atoms with E-state index in [4.69, 9.17) is 5.11 Å². The molecule has 0 aliphatic carbocycles. The van der Waals surface area contributed by atoms with Gasteiger partial charge in [0, 0.05) is 13.0 Å². The topological polar surface area (TPSA) is 74.7 Å². The van der Waals surface area contributed by atoms with Gasteiger partial charge in [-0.1, -0.05) is 13.8 Å². The van der Waals surface area contributed by atoms with Gasteiger partial charge in [-0.05, 0) is 13.8 Å². The van der Waals surface area contributed by atoms with Gasteiger partial charge in [0.2, 0.25) is 11.8 Å². The van der Waals surface area contributed by atoms with Gasteiger partial charge >= 0.3 is 5.97 Å². The molecule has 2 amide bonds. The number of carbonyl (C=O) groups is 3. The maximum atomic E-state index is 11.8. The summed E-state index contributed by atoms with van der Waals surface area (Å²) in [6.45, 7) is 6.33. The van der Waals surface area contributed by atoms with E-state index in [1.54, 1.807) is 13.8 Å². The van der Waals surface area contributed by atoms with Crippen molar-refractivity contribution in [1.82, 2.24) is 4.90 Å².